The zero-order chi connectivity index (χ0) is 18.8. The van der Waals surface area contributed by atoms with E-state index in [1.54, 1.807) is 6.20 Å². The largest absolute Gasteiger partial charge is 0.365 e. The SMILES string of the molecule is CCc1noc(C2CCC(NCC3CCn4ncc(C(N)=O)c4C3)CC2)n1. The van der Waals surface area contributed by atoms with Gasteiger partial charge in [0.05, 0.1) is 17.5 Å². The predicted molar refractivity (Wildman–Crippen MR) is 99.2 cm³/mol. The first-order valence-electron chi connectivity index (χ1n) is 10.0. The van der Waals surface area contributed by atoms with Gasteiger partial charge in [0.1, 0.15) is 0 Å². The van der Waals surface area contributed by atoms with Crippen LogP contribution in [0, 0.1) is 5.92 Å². The highest BCUT2D eigenvalue weighted by Gasteiger charge is 2.28. The number of primary amides is 1. The van der Waals surface area contributed by atoms with Crippen LogP contribution in [0.3, 0.4) is 0 Å². The van der Waals surface area contributed by atoms with Gasteiger partial charge in [-0.25, -0.2) is 0 Å². The number of carbonyl (C=O) groups excluding carboxylic acids is 1. The molecule has 1 saturated carbocycles. The van der Waals surface area contributed by atoms with Crippen LogP contribution in [0.15, 0.2) is 10.7 Å². The second-order valence-corrected chi connectivity index (χ2v) is 7.81. The van der Waals surface area contributed by atoms with Crippen molar-refractivity contribution in [3.8, 4) is 0 Å². The highest BCUT2D eigenvalue weighted by molar-refractivity contribution is 5.93. The van der Waals surface area contributed by atoms with E-state index in [2.05, 4.69) is 20.6 Å². The Morgan fingerprint density at radius 3 is 2.85 bits per heavy atom. The minimum Gasteiger partial charge on any atom is -0.365 e. The molecule has 3 N–H and O–H groups in total. The summed E-state index contributed by atoms with van der Waals surface area (Å²) in [5, 5.41) is 12.0. The normalized spacial score (nSPS) is 25.3. The highest BCUT2D eigenvalue weighted by atomic mass is 16.5. The standard InChI is InChI=1S/C19H28N6O2/c1-2-17-23-19(27-24-17)13-3-5-14(6-4-13)21-10-12-7-8-25-16(9-12)15(11-22-25)18(20)26/h11-14,21H,2-10H2,1H3,(H2,20,26). The summed E-state index contributed by atoms with van der Waals surface area (Å²) in [6.07, 6.45) is 8.81. The van der Waals surface area contributed by atoms with Gasteiger partial charge >= 0.3 is 0 Å². The Bertz CT molecular complexity index is 790. The maximum atomic E-state index is 11.6. The molecule has 0 bridgehead atoms. The van der Waals surface area contributed by atoms with Gasteiger partial charge in [0.25, 0.3) is 5.91 Å². The number of carbonyl (C=O) groups is 1. The van der Waals surface area contributed by atoms with E-state index in [4.69, 9.17) is 10.3 Å². The van der Waals surface area contributed by atoms with Crippen LogP contribution in [0.2, 0.25) is 0 Å². The first-order chi connectivity index (χ1) is 13.1. The lowest BCUT2D eigenvalue weighted by molar-refractivity contribution is 0.0998. The van der Waals surface area contributed by atoms with Crippen molar-refractivity contribution in [2.75, 3.05) is 6.54 Å². The predicted octanol–water partition coefficient (Wildman–Crippen LogP) is 1.81. The molecule has 0 aromatic carbocycles. The summed E-state index contributed by atoms with van der Waals surface area (Å²) in [5.41, 5.74) is 7.03. The van der Waals surface area contributed by atoms with Gasteiger partial charge in [-0.15, -0.1) is 0 Å². The van der Waals surface area contributed by atoms with Crippen LogP contribution in [-0.2, 0) is 19.4 Å². The third kappa shape index (κ3) is 3.90. The molecular formula is C19H28N6O2. The molecule has 2 aliphatic rings. The molecule has 1 amide bonds. The van der Waals surface area contributed by atoms with Gasteiger partial charge in [-0.3, -0.25) is 9.48 Å². The lowest BCUT2D eigenvalue weighted by Crippen LogP contribution is -2.38. The van der Waals surface area contributed by atoms with E-state index < -0.39 is 0 Å². The van der Waals surface area contributed by atoms with E-state index in [9.17, 15) is 4.79 Å². The van der Waals surface area contributed by atoms with Crippen LogP contribution in [0.5, 0.6) is 0 Å². The first-order valence-corrected chi connectivity index (χ1v) is 10.0. The molecule has 1 aliphatic heterocycles. The lowest BCUT2D eigenvalue weighted by Gasteiger charge is -2.30. The van der Waals surface area contributed by atoms with Crippen molar-refractivity contribution in [2.24, 2.45) is 11.7 Å². The molecule has 0 spiro atoms. The van der Waals surface area contributed by atoms with E-state index >= 15 is 0 Å². The van der Waals surface area contributed by atoms with Crippen molar-refractivity contribution in [3.05, 3.63) is 29.2 Å². The fourth-order valence-corrected chi connectivity index (χ4v) is 4.33. The molecule has 8 nitrogen and oxygen atoms in total. The number of rotatable bonds is 6. The lowest BCUT2D eigenvalue weighted by atomic mass is 9.85. The van der Waals surface area contributed by atoms with Crippen LogP contribution in [-0.4, -0.2) is 38.4 Å². The number of fused-ring (bicyclic) bond motifs is 1. The van der Waals surface area contributed by atoms with Crippen LogP contribution in [0.1, 0.15) is 72.7 Å². The molecule has 0 radical (unpaired) electrons. The Balaban J connectivity index is 1.25. The number of amides is 1. The van der Waals surface area contributed by atoms with Gasteiger partial charge in [-0.05, 0) is 51.0 Å². The van der Waals surface area contributed by atoms with Gasteiger partial charge in [0.2, 0.25) is 5.89 Å². The monoisotopic (exact) mass is 372 g/mol. The van der Waals surface area contributed by atoms with E-state index in [1.165, 1.54) is 0 Å². The Labute approximate surface area is 158 Å². The summed E-state index contributed by atoms with van der Waals surface area (Å²) < 4.78 is 7.34. The molecule has 8 heteroatoms. The summed E-state index contributed by atoms with van der Waals surface area (Å²) in [6.45, 7) is 3.87. The van der Waals surface area contributed by atoms with Crippen molar-refractivity contribution in [2.45, 2.75) is 70.4 Å². The third-order valence-corrected chi connectivity index (χ3v) is 6.02. The molecule has 2 aromatic heterocycles. The van der Waals surface area contributed by atoms with Crippen molar-refractivity contribution < 1.29 is 9.32 Å². The van der Waals surface area contributed by atoms with Crippen molar-refractivity contribution in [1.29, 1.82) is 0 Å². The number of aromatic nitrogens is 4. The van der Waals surface area contributed by atoms with Crippen LogP contribution in [0.25, 0.3) is 0 Å². The van der Waals surface area contributed by atoms with E-state index in [0.29, 0.717) is 23.4 Å². The van der Waals surface area contributed by atoms with Gasteiger partial charge in [-0.2, -0.15) is 10.1 Å². The topological polar surface area (TPSA) is 112 Å². The maximum Gasteiger partial charge on any atom is 0.252 e. The summed E-state index contributed by atoms with van der Waals surface area (Å²) in [5.74, 6) is 2.16. The van der Waals surface area contributed by atoms with Gasteiger partial charge in [0.15, 0.2) is 5.82 Å². The molecule has 0 saturated heterocycles. The maximum absolute atomic E-state index is 11.6. The average Bonchev–Trinajstić information content (AvgIpc) is 3.33. The molecule has 1 atom stereocenters. The van der Waals surface area contributed by atoms with E-state index in [-0.39, 0.29) is 5.91 Å². The van der Waals surface area contributed by atoms with Crippen LogP contribution < -0.4 is 11.1 Å². The second-order valence-electron chi connectivity index (χ2n) is 7.81. The molecule has 146 valence electrons. The molecule has 1 unspecified atom stereocenters. The van der Waals surface area contributed by atoms with Crippen molar-refractivity contribution in [1.82, 2.24) is 25.2 Å². The zero-order valence-electron chi connectivity index (χ0n) is 15.9. The fraction of sp³-hybridized carbons (Fsp3) is 0.684. The first kappa shape index (κ1) is 18.2. The van der Waals surface area contributed by atoms with E-state index in [1.807, 2.05) is 11.6 Å². The third-order valence-electron chi connectivity index (χ3n) is 6.02. The van der Waals surface area contributed by atoms with Crippen molar-refractivity contribution in [3.63, 3.8) is 0 Å². The summed E-state index contributed by atoms with van der Waals surface area (Å²) in [6, 6.07) is 0.539. The van der Waals surface area contributed by atoms with Gasteiger partial charge in [0, 0.05) is 24.9 Å². The number of hydrogen-bond acceptors (Lipinski definition) is 6. The van der Waals surface area contributed by atoms with E-state index in [0.717, 1.165) is 75.4 Å². The number of hydrogen-bond donors (Lipinski definition) is 2. The minimum absolute atomic E-state index is 0.379. The fourth-order valence-electron chi connectivity index (χ4n) is 4.33. The second kappa shape index (κ2) is 7.80. The Kier molecular flexibility index (Phi) is 5.24. The molecule has 3 heterocycles. The van der Waals surface area contributed by atoms with Crippen LogP contribution in [0.4, 0.5) is 0 Å². The summed E-state index contributed by atoms with van der Waals surface area (Å²) in [4.78, 5) is 16.0. The number of aryl methyl sites for hydroxylation is 2. The summed E-state index contributed by atoms with van der Waals surface area (Å²) >= 11 is 0. The quantitative estimate of drug-likeness (QED) is 0.800. The van der Waals surface area contributed by atoms with Gasteiger partial charge in [-0.1, -0.05) is 12.1 Å². The number of nitrogens with two attached hydrogens (primary N) is 1. The smallest absolute Gasteiger partial charge is 0.252 e. The summed E-state index contributed by atoms with van der Waals surface area (Å²) in [7, 11) is 0. The average molecular weight is 372 g/mol. The van der Waals surface area contributed by atoms with Crippen molar-refractivity contribution >= 4 is 5.91 Å². The number of nitrogens with zero attached hydrogens (tertiary/aromatic N) is 4. The minimum atomic E-state index is -0.379. The van der Waals surface area contributed by atoms with Crippen LogP contribution >= 0.6 is 0 Å². The molecule has 4 rings (SSSR count). The Morgan fingerprint density at radius 1 is 1.33 bits per heavy atom. The Hall–Kier alpha value is -2.22. The molecule has 27 heavy (non-hydrogen) atoms. The molecular weight excluding hydrogens is 344 g/mol. The molecule has 2 aromatic rings. The van der Waals surface area contributed by atoms with Gasteiger partial charge < -0.3 is 15.6 Å². The zero-order valence-corrected chi connectivity index (χ0v) is 15.9. The molecule has 1 aliphatic carbocycles. The number of nitrogens with one attached hydrogen (secondary N) is 1. The Morgan fingerprint density at radius 2 is 2.15 bits per heavy atom. The molecule has 1 fully saturated rings. The highest BCUT2D eigenvalue weighted by Crippen LogP contribution is 2.32.